The Balaban J connectivity index is 1.82. The first-order valence-corrected chi connectivity index (χ1v) is 9.30. The quantitative estimate of drug-likeness (QED) is 0.481. The van der Waals surface area contributed by atoms with Gasteiger partial charge in [0.1, 0.15) is 10.9 Å². The number of amides is 1. The lowest BCUT2D eigenvalue weighted by Crippen LogP contribution is -2.22. The number of carbonyl (C=O) groups excluding carboxylic acids is 1. The Labute approximate surface area is 175 Å². The minimum Gasteiger partial charge on any atom is -0.406 e. The van der Waals surface area contributed by atoms with Crippen molar-refractivity contribution in [3.63, 3.8) is 0 Å². The van der Waals surface area contributed by atoms with Crippen LogP contribution < -0.4 is 15.4 Å². The molecule has 3 aromatic rings. The van der Waals surface area contributed by atoms with Gasteiger partial charge in [0.15, 0.2) is 0 Å². The predicted octanol–water partition coefficient (Wildman–Crippen LogP) is 5.79. The van der Waals surface area contributed by atoms with E-state index in [2.05, 4.69) is 20.4 Å². The Morgan fingerprint density at radius 3 is 2.47 bits per heavy atom. The molecule has 0 saturated carbocycles. The number of anilines is 2. The number of rotatable bonds is 6. The number of benzene rings is 2. The maximum atomic E-state index is 12.3. The van der Waals surface area contributed by atoms with E-state index in [-0.39, 0.29) is 16.8 Å². The van der Waals surface area contributed by atoms with Crippen molar-refractivity contribution in [3.05, 3.63) is 71.4 Å². The van der Waals surface area contributed by atoms with Crippen molar-refractivity contribution in [2.24, 2.45) is 0 Å². The van der Waals surface area contributed by atoms with Crippen LogP contribution in [0.5, 0.6) is 5.75 Å². The Kier molecular flexibility index (Phi) is 6.47. The van der Waals surface area contributed by atoms with Crippen LogP contribution >= 0.6 is 11.6 Å². The second-order valence-electron chi connectivity index (χ2n) is 6.20. The van der Waals surface area contributed by atoms with Gasteiger partial charge in [0.05, 0.1) is 5.69 Å². The zero-order valence-electron chi connectivity index (χ0n) is 15.8. The molecule has 0 atom stereocenters. The predicted molar refractivity (Wildman–Crippen MR) is 109 cm³/mol. The first-order valence-electron chi connectivity index (χ1n) is 8.92. The van der Waals surface area contributed by atoms with E-state index in [1.54, 1.807) is 36.4 Å². The lowest BCUT2D eigenvalue weighted by molar-refractivity contribution is -0.274. The summed E-state index contributed by atoms with van der Waals surface area (Å²) >= 11 is 6.14. The Bertz CT molecular complexity index is 1040. The number of nitrogens with one attached hydrogen (secondary N) is 2. The van der Waals surface area contributed by atoms with Gasteiger partial charge in [-0.2, -0.15) is 0 Å². The van der Waals surface area contributed by atoms with Crippen molar-refractivity contribution >= 4 is 28.9 Å². The summed E-state index contributed by atoms with van der Waals surface area (Å²) in [4.78, 5) is 16.4. The van der Waals surface area contributed by atoms with Crippen LogP contribution in [0.2, 0.25) is 5.15 Å². The van der Waals surface area contributed by atoms with Gasteiger partial charge in [0.25, 0.3) is 5.91 Å². The van der Waals surface area contributed by atoms with Crippen LogP contribution in [-0.2, 0) is 0 Å². The molecule has 30 heavy (non-hydrogen) atoms. The number of aromatic nitrogens is 1. The molecule has 1 amide bonds. The number of alkyl halides is 3. The average molecular weight is 436 g/mol. The van der Waals surface area contributed by atoms with E-state index in [9.17, 15) is 18.0 Å². The van der Waals surface area contributed by atoms with Crippen LogP contribution in [0, 0.1) is 0 Å². The highest BCUT2D eigenvalue weighted by Crippen LogP contribution is 2.28. The molecule has 9 heteroatoms. The van der Waals surface area contributed by atoms with Gasteiger partial charge in [-0.05, 0) is 55.5 Å². The van der Waals surface area contributed by atoms with Crippen LogP contribution in [-0.4, -0.2) is 23.8 Å². The highest BCUT2D eigenvalue weighted by Gasteiger charge is 2.30. The molecule has 0 unspecified atom stereocenters. The lowest BCUT2D eigenvalue weighted by atomic mass is 10.1. The highest BCUT2D eigenvalue weighted by molar-refractivity contribution is 6.29. The van der Waals surface area contributed by atoms with Crippen molar-refractivity contribution < 1.29 is 22.7 Å². The third-order valence-electron chi connectivity index (χ3n) is 3.93. The molecule has 0 aliphatic carbocycles. The molecule has 2 aromatic carbocycles. The van der Waals surface area contributed by atoms with Crippen molar-refractivity contribution in [2.45, 2.75) is 13.3 Å². The van der Waals surface area contributed by atoms with Crippen LogP contribution in [0.15, 0.2) is 60.7 Å². The first kappa shape index (κ1) is 21.4. The summed E-state index contributed by atoms with van der Waals surface area (Å²) in [5.41, 5.74) is 2.84. The fourth-order valence-electron chi connectivity index (χ4n) is 2.71. The maximum Gasteiger partial charge on any atom is 0.573 e. The fraction of sp³-hybridized carbons (Fsp3) is 0.143. The van der Waals surface area contributed by atoms with E-state index in [0.29, 0.717) is 34.7 Å². The molecule has 0 saturated heterocycles. The molecule has 0 spiro atoms. The third-order valence-corrected chi connectivity index (χ3v) is 4.12. The van der Waals surface area contributed by atoms with Gasteiger partial charge in [-0.3, -0.25) is 4.79 Å². The van der Waals surface area contributed by atoms with Crippen molar-refractivity contribution in [1.82, 2.24) is 10.3 Å². The number of carbonyl (C=O) groups is 1. The molecule has 1 aromatic heterocycles. The zero-order chi connectivity index (χ0) is 21.7. The van der Waals surface area contributed by atoms with Crippen molar-refractivity contribution in [3.8, 4) is 17.0 Å². The number of ether oxygens (including phenoxy) is 1. The molecular weight excluding hydrogens is 419 g/mol. The molecule has 3 rings (SSSR count). The normalized spacial score (nSPS) is 11.1. The summed E-state index contributed by atoms with van der Waals surface area (Å²) in [6.07, 6.45) is -4.74. The molecule has 1 heterocycles. The van der Waals surface area contributed by atoms with Crippen LogP contribution in [0.4, 0.5) is 24.5 Å². The van der Waals surface area contributed by atoms with Gasteiger partial charge < -0.3 is 15.4 Å². The van der Waals surface area contributed by atoms with E-state index < -0.39 is 6.36 Å². The number of hydrogen-bond acceptors (Lipinski definition) is 4. The lowest BCUT2D eigenvalue weighted by Gasteiger charge is -2.12. The van der Waals surface area contributed by atoms with Gasteiger partial charge in [0, 0.05) is 29.0 Å². The number of pyridine rings is 1. The van der Waals surface area contributed by atoms with E-state index in [1.165, 1.54) is 24.3 Å². The molecule has 0 aliphatic heterocycles. The maximum absolute atomic E-state index is 12.3. The van der Waals surface area contributed by atoms with E-state index >= 15 is 0 Å². The second-order valence-corrected chi connectivity index (χ2v) is 6.59. The summed E-state index contributed by atoms with van der Waals surface area (Å²) in [6, 6.07) is 15.6. The van der Waals surface area contributed by atoms with Gasteiger partial charge in [-0.15, -0.1) is 13.2 Å². The van der Waals surface area contributed by atoms with Crippen molar-refractivity contribution in [1.29, 1.82) is 0 Å². The minimum atomic E-state index is -4.74. The van der Waals surface area contributed by atoms with Gasteiger partial charge >= 0.3 is 6.36 Å². The molecule has 5 nitrogen and oxygen atoms in total. The summed E-state index contributed by atoms with van der Waals surface area (Å²) in [6.45, 7) is 2.35. The van der Waals surface area contributed by atoms with Gasteiger partial charge in [-0.1, -0.05) is 23.7 Å². The number of hydrogen-bond donors (Lipinski definition) is 2. The molecule has 0 bridgehead atoms. The van der Waals surface area contributed by atoms with Crippen molar-refractivity contribution in [2.75, 3.05) is 11.9 Å². The van der Waals surface area contributed by atoms with E-state index in [4.69, 9.17) is 11.6 Å². The summed E-state index contributed by atoms with van der Waals surface area (Å²) in [5, 5.41) is 6.02. The second kappa shape index (κ2) is 9.04. The third kappa shape index (κ3) is 5.87. The molecular formula is C21H17ClF3N3O2. The minimum absolute atomic E-state index is 0.194. The molecule has 0 aliphatic rings. The topological polar surface area (TPSA) is 63.2 Å². The zero-order valence-corrected chi connectivity index (χ0v) is 16.5. The SMILES string of the molecule is CCNC(=O)c1cccc(-c2cc(Nc3ccc(OC(F)(F)F)cc3)cc(Cl)n2)c1. The number of nitrogens with zero attached hydrogens (tertiary/aromatic N) is 1. The monoisotopic (exact) mass is 435 g/mol. The largest absolute Gasteiger partial charge is 0.573 e. The Hall–Kier alpha value is -3.26. The van der Waals surface area contributed by atoms with E-state index in [0.717, 1.165) is 0 Å². The van der Waals surface area contributed by atoms with E-state index in [1.807, 2.05) is 6.92 Å². The number of halogens is 4. The smallest absolute Gasteiger partial charge is 0.406 e. The van der Waals surface area contributed by atoms with Crippen LogP contribution in [0.25, 0.3) is 11.3 Å². The molecule has 0 fully saturated rings. The summed E-state index contributed by atoms with van der Waals surface area (Å²) in [7, 11) is 0. The van der Waals surface area contributed by atoms with Gasteiger partial charge in [-0.25, -0.2) is 4.98 Å². The summed E-state index contributed by atoms with van der Waals surface area (Å²) < 4.78 is 40.7. The first-order chi connectivity index (χ1) is 14.2. The Morgan fingerprint density at radius 2 is 1.80 bits per heavy atom. The fourth-order valence-corrected chi connectivity index (χ4v) is 2.91. The van der Waals surface area contributed by atoms with Gasteiger partial charge in [0.2, 0.25) is 0 Å². The summed E-state index contributed by atoms with van der Waals surface area (Å²) in [5.74, 6) is -0.510. The van der Waals surface area contributed by atoms with Crippen LogP contribution in [0.1, 0.15) is 17.3 Å². The average Bonchev–Trinajstić information content (AvgIpc) is 2.68. The molecule has 2 N–H and O–H groups in total. The highest BCUT2D eigenvalue weighted by atomic mass is 35.5. The standard InChI is InChI=1S/C21H17ClF3N3O2/c1-2-26-20(29)14-5-3-4-13(10-14)18-11-16(12-19(22)28-18)27-15-6-8-17(9-7-15)30-21(23,24)25/h3-12H,2H2,1H3,(H,26,29)(H,27,28). The molecule has 0 radical (unpaired) electrons. The van der Waals surface area contributed by atoms with Crippen LogP contribution in [0.3, 0.4) is 0 Å². The Morgan fingerprint density at radius 1 is 1.07 bits per heavy atom. The molecule has 156 valence electrons.